The molecule has 1 unspecified atom stereocenters. The number of hydrogen-bond donors (Lipinski definition) is 3. The third kappa shape index (κ3) is 5.54. The smallest absolute Gasteiger partial charge is 0.259 e. The van der Waals surface area contributed by atoms with Gasteiger partial charge in [0.05, 0.1) is 17.4 Å². The number of ether oxygens (including phenoxy) is 1. The van der Waals surface area contributed by atoms with Crippen LogP contribution < -0.4 is 15.1 Å². The van der Waals surface area contributed by atoms with Crippen molar-refractivity contribution < 1.29 is 28.5 Å². The standard InChI is InChI=1S/C25H32F2N4O4/c1-7-9-15(3)35-20-13-19(31-24(33)30(6)23(29-31)25(4,5)34)18(27)12-16(20)22(32)28-21-14(2)10-8-11-17(21)26/h8,10-13,15,24,33-34H,7,9H2,1-6H3,(H,28,32)/t15-,24?/m0/s1. The predicted octanol–water partition coefficient (Wildman–Crippen LogP) is 4.21. The van der Waals surface area contributed by atoms with Crippen molar-refractivity contribution in [1.82, 2.24) is 4.90 Å². The maximum atomic E-state index is 15.3. The van der Waals surface area contributed by atoms with Crippen molar-refractivity contribution in [2.24, 2.45) is 5.10 Å². The molecular weight excluding hydrogens is 458 g/mol. The van der Waals surface area contributed by atoms with Crippen LogP contribution in [-0.4, -0.2) is 52.0 Å². The van der Waals surface area contributed by atoms with Crippen LogP contribution in [0.5, 0.6) is 5.75 Å². The lowest BCUT2D eigenvalue weighted by Crippen LogP contribution is -2.46. The van der Waals surface area contributed by atoms with Gasteiger partial charge in [0.1, 0.15) is 28.7 Å². The number of carbonyl (C=O) groups is 1. The Bertz CT molecular complexity index is 1110. The molecule has 1 heterocycles. The summed E-state index contributed by atoms with van der Waals surface area (Å²) in [4.78, 5) is 14.4. The van der Waals surface area contributed by atoms with Gasteiger partial charge in [-0.2, -0.15) is 5.10 Å². The fourth-order valence-electron chi connectivity index (χ4n) is 3.88. The summed E-state index contributed by atoms with van der Waals surface area (Å²) in [5.41, 5.74) is -1.18. The Kier molecular flexibility index (Phi) is 7.66. The molecule has 3 rings (SSSR count). The van der Waals surface area contributed by atoms with Gasteiger partial charge in [0, 0.05) is 13.1 Å². The van der Waals surface area contributed by atoms with Crippen molar-refractivity contribution in [3.8, 4) is 5.75 Å². The third-order valence-electron chi connectivity index (χ3n) is 5.67. The highest BCUT2D eigenvalue weighted by molar-refractivity contribution is 6.07. The van der Waals surface area contributed by atoms with E-state index in [9.17, 15) is 19.4 Å². The number of aliphatic hydroxyl groups is 2. The van der Waals surface area contributed by atoms with Crippen LogP contribution in [0.3, 0.4) is 0 Å². The van der Waals surface area contributed by atoms with Crippen molar-refractivity contribution in [2.75, 3.05) is 17.4 Å². The van der Waals surface area contributed by atoms with E-state index in [4.69, 9.17) is 4.74 Å². The van der Waals surface area contributed by atoms with Gasteiger partial charge >= 0.3 is 0 Å². The molecule has 0 fully saturated rings. The van der Waals surface area contributed by atoms with Gasteiger partial charge in [0.25, 0.3) is 5.91 Å². The van der Waals surface area contributed by atoms with Gasteiger partial charge < -0.3 is 25.2 Å². The van der Waals surface area contributed by atoms with Gasteiger partial charge in [-0.05, 0) is 51.8 Å². The quantitative estimate of drug-likeness (QED) is 0.513. The molecule has 3 N–H and O–H groups in total. The van der Waals surface area contributed by atoms with Crippen LogP contribution in [0.15, 0.2) is 35.4 Å². The molecule has 0 saturated heterocycles. The fourth-order valence-corrected chi connectivity index (χ4v) is 3.88. The molecule has 0 spiro atoms. The number of anilines is 2. The van der Waals surface area contributed by atoms with Crippen molar-refractivity contribution in [2.45, 2.75) is 65.5 Å². The second kappa shape index (κ2) is 10.2. The number of rotatable bonds is 8. The van der Waals surface area contributed by atoms with E-state index in [0.29, 0.717) is 12.0 Å². The Morgan fingerprint density at radius 2 is 1.97 bits per heavy atom. The van der Waals surface area contributed by atoms with E-state index in [1.165, 1.54) is 44.0 Å². The number of amidine groups is 1. The highest BCUT2D eigenvalue weighted by Gasteiger charge is 2.39. The number of likely N-dealkylation sites (N-methyl/N-ethyl adjacent to an activating group) is 1. The van der Waals surface area contributed by atoms with Crippen molar-refractivity contribution >= 4 is 23.1 Å². The number of carbonyl (C=O) groups excluding carboxylic acids is 1. The summed E-state index contributed by atoms with van der Waals surface area (Å²) in [5, 5.41) is 28.7. The molecule has 10 heteroatoms. The number of aryl methyl sites for hydroxylation is 1. The van der Waals surface area contributed by atoms with E-state index < -0.39 is 29.5 Å². The molecular formula is C25H32F2N4O4. The van der Waals surface area contributed by atoms with Crippen molar-refractivity contribution in [3.63, 3.8) is 0 Å². The average Bonchev–Trinajstić information content (AvgIpc) is 3.06. The lowest BCUT2D eigenvalue weighted by molar-refractivity contribution is 0.0636. The topological polar surface area (TPSA) is 97.6 Å². The van der Waals surface area contributed by atoms with Gasteiger partial charge in [0.15, 0.2) is 5.84 Å². The summed E-state index contributed by atoms with van der Waals surface area (Å²) < 4.78 is 35.6. The van der Waals surface area contributed by atoms with E-state index >= 15 is 4.39 Å². The molecule has 0 saturated carbocycles. The van der Waals surface area contributed by atoms with Gasteiger partial charge in [-0.1, -0.05) is 25.5 Å². The van der Waals surface area contributed by atoms with Crippen LogP contribution in [0.25, 0.3) is 0 Å². The molecule has 1 aliphatic rings. The number of para-hydroxylation sites is 1. The summed E-state index contributed by atoms with van der Waals surface area (Å²) in [5.74, 6) is -2.04. The Hall–Kier alpha value is -3.24. The first-order valence-electron chi connectivity index (χ1n) is 11.4. The molecule has 0 bridgehead atoms. The van der Waals surface area contributed by atoms with Crippen LogP contribution in [-0.2, 0) is 0 Å². The maximum absolute atomic E-state index is 15.3. The SMILES string of the molecule is CCC[C@H](C)Oc1cc(N2N=C(C(C)(C)O)N(C)C2O)c(F)cc1C(=O)Nc1c(C)cccc1F. The predicted molar refractivity (Wildman–Crippen MR) is 130 cm³/mol. The molecule has 2 aromatic rings. The minimum absolute atomic E-state index is 0.00875. The monoisotopic (exact) mass is 490 g/mol. The molecule has 2 aromatic carbocycles. The Morgan fingerprint density at radius 3 is 2.54 bits per heavy atom. The summed E-state index contributed by atoms with van der Waals surface area (Å²) in [6, 6.07) is 6.64. The van der Waals surface area contributed by atoms with Gasteiger partial charge in [-0.3, -0.25) is 4.79 Å². The zero-order valence-corrected chi connectivity index (χ0v) is 20.8. The molecule has 35 heavy (non-hydrogen) atoms. The van der Waals surface area contributed by atoms with Crippen LogP contribution in [0.1, 0.15) is 56.5 Å². The van der Waals surface area contributed by atoms with Crippen molar-refractivity contribution in [1.29, 1.82) is 0 Å². The number of hydrogen-bond acceptors (Lipinski definition) is 7. The first kappa shape index (κ1) is 26.4. The number of amides is 1. The number of halogens is 2. The number of aliphatic hydroxyl groups excluding tert-OH is 1. The second-order valence-electron chi connectivity index (χ2n) is 9.19. The summed E-state index contributed by atoms with van der Waals surface area (Å²) in [6.45, 7) is 8.43. The van der Waals surface area contributed by atoms with Crippen molar-refractivity contribution in [3.05, 3.63) is 53.1 Å². The number of nitrogens with one attached hydrogen (secondary N) is 1. The molecule has 1 aliphatic heterocycles. The fraction of sp³-hybridized carbons (Fsp3) is 0.440. The second-order valence-corrected chi connectivity index (χ2v) is 9.19. The highest BCUT2D eigenvalue weighted by atomic mass is 19.1. The number of nitrogens with zero attached hydrogens (tertiary/aromatic N) is 3. The Labute approximate surface area is 203 Å². The van der Waals surface area contributed by atoms with E-state index in [2.05, 4.69) is 10.4 Å². The molecule has 190 valence electrons. The number of benzene rings is 2. The summed E-state index contributed by atoms with van der Waals surface area (Å²) >= 11 is 0. The van der Waals surface area contributed by atoms with Crippen LogP contribution >= 0.6 is 0 Å². The van der Waals surface area contributed by atoms with Crippen LogP contribution in [0, 0.1) is 18.6 Å². The van der Waals surface area contributed by atoms with Crippen LogP contribution in [0.4, 0.5) is 20.2 Å². The molecule has 8 nitrogen and oxygen atoms in total. The Morgan fingerprint density at radius 1 is 1.29 bits per heavy atom. The first-order chi connectivity index (χ1) is 16.3. The third-order valence-corrected chi connectivity index (χ3v) is 5.67. The van der Waals surface area contributed by atoms with E-state index in [-0.39, 0.29) is 34.6 Å². The molecule has 0 aromatic heterocycles. The minimum Gasteiger partial charge on any atom is -0.490 e. The van der Waals surface area contributed by atoms with Gasteiger partial charge in [-0.15, -0.1) is 0 Å². The number of hydrazone groups is 1. The normalized spacial score (nSPS) is 16.9. The van der Waals surface area contributed by atoms with Gasteiger partial charge in [0.2, 0.25) is 6.35 Å². The van der Waals surface area contributed by atoms with E-state index in [0.717, 1.165) is 17.5 Å². The first-order valence-corrected chi connectivity index (χ1v) is 11.4. The summed E-state index contributed by atoms with van der Waals surface area (Å²) in [6.07, 6.45) is -0.203. The molecule has 0 radical (unpaired) electrons. The largest absolute Gasteiger partial charge is 0.490 e. The maximum Gasteiger partial charge on any atom is 0.259 e. The average molecular weight is 491 g/mol. The van der Waals surface area contributed by atoms with Gasteiger partial charge in [-0.25, -0.2) is 13.8 Å². The molecule has 2 atom stereocenters. The van der Waals surface area contributed by atoms with E-state index in [1.54, 1.807) is 13.0 Å². The van der Waals surface area contributed by atoms with Crippen LogP contribution in [0.2, 0.25) is 0 Å². The molecule has 0 aliphatic carbocycles. The zero-order chi connectivity index (χ0) is 26.1. The summed E-state index contributed by atoms with van der Waals surface area (Å²) in [7, 11) is 1.51. The van der Waals surface area contributed by atoms with E-state index in [1.807, 2.05) is 13.8 Å². The Balaban J connectivity index is 2.06. The zero-order valence-electron chi connectivity index (χ0n) is 20.8. The highest BCUT2D eigenvalue weighted by Crippen LogP contribution is 2.35. The lowest BCUT2D eigenvalue weighted by Gasteiger charge is -2.27. The lowest BCUT2D eigenvalue weighted by atomic mass is 10.1. The molecule has 1 amide bonds. The minimum atomic E-state index is -1.40.